The van der Waals surface area contributed by atoms with Crippen LogP contribution in [0.4, 0.5) is 4.39 Å². The first-order chi connectivity index (χ1) is 16.4. The van der Waals surface area contributed by atoms with Gasteiger partial charge in [-0.1, -0.05) is 48.5 Å². The minimum Gasteiger partial charge on any atom is -0.339 e. The molecule has 1 aliphatic heterocycles. The van der Waals surface area contributed by atoms with E-state index >= 15 is 0 Å². The standard InChI is InChI=1S/C27H26FN3O3/c1-2-30(18-20-8-4-3-5-9-20)24(32)15-27(22-11-6-12-23(28)14-22)16-25(33)31(26(27)34)19-21-10-7-13-29-17-21/h3-14,17H,2,15-16,18-19H2,1H3/t27-/m1/s1. The van der Waals surface area contributed by atoms with Gasteiger partial charge in [-0.15, -0.1) is 0 Å². The van der Waals surface area contributed by atoms with Crippen molar-refractivity contribution in [1.82, 2.24) is 14.8 Å². The van der Waals surface area contributed by atoms with Gasteiger partial charge in [0.15, 0.2) is 0 Å². The number of halogens is 1. The van der Waals surface area contributed by atoms with E-state index in [1.807, 2.05) is 37.3 Å². The molecule has 0 aliphatic carbocycles. The lowest BCUT2D eigenvalue weighted by molar-refractivity contribution is -0.143. The number of benzene rings is 2. The molecule has 1 atom stereocenters. The molecule has 7 heteroatoms. The van der Waals surface area contributed by atoms with E-state index in [1.165, 1.54) is 18.2 Å². The zero-order valence-electron chi connectivity index (χ0n) is 19.0. The highest BCUT2D eigenvalue weighted by Crippen LogP contribution is 2.41. The molecule has 34 heavy (non-hydrogen) atoms. The molecule has 6 nitrogen and oxygen atoms in total. The predicted molar refractivity (Wildman–Crippen MR) is 125 cm³/mol. The number of hydrogen-bond acceptors (Lipinski definition) is 4. The molecular formula is C27H26FN3O3. The van der Waals surface area contributed by atoms with Crippen molar-refractivity contribution in [3.63, 3.8) is 0 Å². The van der Waals surface area contributed by atoms with Crippen molar-refractivity contribution in [2.75, 3.05) is 6.54 Å². The largest absolute Gasteiger partial charge is 0.339 e. The van der Waals surface area contributed by atoms with Crippen molar-refractivity contribution >= 4 is 17.7 Å². The molecule has 3 aromatic rings. The lowest BCUT2D eigenvalue weighted by Gasteiger charge is -2.30. The van der Waals surface area contributed by atoms with Gasteiger partial charge < -0.3 is 4.90 Å². The quantitative estimate of drug-likeness (QED) is 0.480. The van der Waals surface area contributed by atoms with Gasteiger partial charge in [0.1, 0.15) is 5.82 Å². The van der Waals surface area contributed by atoms with Gasteiger partial charge in [-0.2, -0.15) is 0 Å². The van der Waals surface area contributed by atoms with Crippen LogP contribution in [0, 0.1) is 5.82 Å². The van der Waals surface area contributed by atoms with Crippen LogP contribution in [-0.4, -0.2) is 39.1 Å². The Labute approximate surface area is 198 Å². The topological polar surface area (TPSA) is 70.6 Å². The van der Waals surface area contributed by atoms with Crippen LogP contribution in [0.3, 0.4) is 0 Å². The van der Waals surface area contributed by atoms with Gasteiger partial charge in [-0.3, -0.25) is 24.3 Å². The first-order valence-corrected chi connectivity index (χ1v) is 11.2. The minimum absolute atomic E-state index is 0.0538. The third-order valence-corrected chi connectivity index (χ3v) is 6.25. The van der Waals surface area contributed by atoms with Gasteiger partial charge in [0.25, 0.3) is 0 Å². The van der Waals surface area contributed by atoms with E-state index in [4.69, 9.17) is 0 Å². The number of amides is 3. The molecule has 0 radical (unpaired) electrons. The average Bonchev–Trinajstić information content (AvgIpc) is 3.08. The number of imide groups is 1. The van der Waals surface area contributed by atoms with E-state index in [0.717, 1.165) is 10.5 Å². The number of carbonyl (C=O) groups is 3. The molecule has 0 saturated carbocycles. The zero-order chi connectivity index (χ0) is 24.1. The van der Waals surface area contributed by atoms with E-state index in [-0.39, 0.29) is 25.3 Å². The number of aromatic nitrogens is 1. The molecule has 0 N–H and O–H groups in total. The Hall–Kier alpha value is -3.87. The van der Waals surface area contributed by atoms with E-state index in [9.17, 15) is 18.8 Å². The summed E-state index contributed by atoms with van der Waals surface area (Å²) in [6, 6.07) is 18.7. The smallest absolute Gasteiger partial charge is 0.241 e. The Kier molecular flexibility index (Phi) is 6.82. The monoisotopic (exact) mass is 459 g/mol. The number of likely N-dealkylation sites (tertiary alicyclic amines) is 1. The Morgan fingerprint density at radius 1 is 1.06 bits per heavy atom. The van der Waals surface area contributed by atoms with Crippen molar-refractivity contribution in [3.8, 4) is 0 Å². The fourth-order valence-corrected chi connectivity index (χ4v) is 4.44. The second-order valence-corrected chi connectivity index (χ2v) is 8.49. The second-order valence-electron chi connectivity index (χ2n) is 8.49. The normalized spacial score (nSPS) is 17.8. The summed E-state index contributed by atoms with van der Waals surface area (Å²) in [4.78, 5) is 47.1. The fraction of sp³-hybridized carbons (Fsp3) is 0.259. The molecule has 1 saturated heterocycles. The van der Waals surface area contributed by atoms with Crippen molar-refractivity contribution in [2.45, 2.75) is 38.3 Å². The number of pyridine rings is 1. The van der Waals surface area contributed by atoms with E-state index in [2.05, 4.69) is 4.98 Å². The van der Waals surface area contributed by atoms with Gasteiger partial charge in [0.2, 0.25) is 17.7 Å². The Balaban J connectivity index is 1.66. The number of nitrogens with zero attached hydrogens (tertiary/aromatic N) is 3. The lowest BCUT2D eigenvalue weighted by Crippen LogP contribution is -2.43. The van der Waals surface area contributed by atoms with Crippen LogP contribution in [0.25, 0.3) is 0 Å². The van der Waals surface area contributed by atoms with Crippen LogP contribution < -0.4 is 0 Å². The molecule has 3 amide bonds. The molecule has 0 unspecified atom stereocenters. The van der Waals surface area contributed by atoms with E-state index in [1.54, 1.807) is 35.5 Å². The van der Waals surface area contributed by atoms with Gasteiger partial charge in [-0.25, -0.2) is 4.39 Å². The Morgan fingerprint density at radius 2 is 1.82 bits per heavy atom. The third-order valence-electron chi connectivity index (χ3n) is 6.25. The van der Waals surface area contributed by atoms with Crippen molar-refractivity contribution in [3.05, 3.63) is 102 Å². The molecule has 4 rings (SSSR count). The first-order valence-electron chi connectivity index (χ1n) is 11.2. The van der Waals surface area contributed by atoms with Crippen LogP contribution in [0.5, 0.6) is 0 Å². The average molecular weight is 460 g/mol. The first kappa shape index (κ1) is 23.3. The maximum Gasteiger partial charge on any atom is 0.241 e. The summed E-state index contributed by atoms with van der Waals surface area (Å²) in [5, 5.41) is 0. The molecule has 2 heterocycles. The molecule has 1 aromatic heterocycles. The van der Waals surface area contributed by atoms with Crippen LogP contribution in [0.15, 0.2) is 79.1 Å². The summed E-state index contributed by atoms with van der Waals surface area (Å²) in [6.45, 7) is 2.75. The number of hydrogen-bond donors (Lipinski definition) is 0. The van der Waals surface area contributed by atoms with Crippen LogP contribution >= 0.6 is 0 Å². The van der Waals surface area contributed by atoms with E-state index in [0.29, 0.717) is 24.2 Å². The molecule has 0 spiro atoms. The van der Waals surface area contributed by atoms with Gasteiger partial charge in [0, 0.05) is 38.3 Å². The maximum atomic E-state index is 14.2. The fourth-order valence-electron chi connectivity index (χ4n) is 4.44. The molecular weight excluding hydrogens is 433 g/mol. The van der Waals surface area contributed by atoms with Crippen LogP contribution in [0.2, 0.25) is 0 Å². The summed E-state index contributed by atoms with van der Waals surface area (Å²) < 4.78 is 14.2. The molecule has 0 bridgehead atoms. The minimum atomic E-state index is -1.46. The predicted octanol–water partition coefficient (Wildman–Crippen LogP) is 3.86. The highest BCUT2D eigenvalue weighted by molar-refractivity contribution is 6.10. The van der Waals surface area contributed by atoms with Crippen LogP contribution in [0.1, 0.15) is 36.5 Å². The SMILES string of the molecule is CCN(Cc1ccccc1)C(=O)C[C@]1(c2cccc(F)c2)CC(=O)N(Cc2cccnc2)C1=O. The molecule has 1 fully saturated rings. The van der Waals surface area contributed by atoms with Gasteiger partial charge >= 0.3 is 0 Å². The summed E-state index contributed by atoms with van der Waals surface area (Å²) in [6.07, 6.45) is 2.79. The summed E-state index contributed by atoms with van der Waals surface area (Å²) >= 11 is 0. The van der Waals surface area contributed by atoms with Crippen LogP contribution in [-0.2, 0) is 32.9 Å². The Bertz CT molecular complexity index is 1190. The van der Waals surface area contributed by atoms with E-state index < -0.39 is 23.0 Å². The summed E-state index contributed by atoms with van der Waals surface area (Å²) in [7, 11) is 0. The van der Waals surface area contributed by atoms with Gasteiger partial charge in [0.05, 0.1) is 12.0 Å². The molecule has 2 aromatic carbocycles. The maximum absolute atomic E-state index is 14.2. The zero-order valence-corrected chi connectivity index (χ0v) is 19.0. The summed E-state index contributed by atoms with van der Waals surface area (Å²) in [5.74, 6) is -1.67. The Morgan fingerprint density at radius 3 is 2.50 bits per heavy atom. The number of rotatable bonds is 8. The van der Waals surface area contributed by atoms with Crippen molar-refractivity contribution in [1.29, 1.82) is 0 Å². The number of carbonyl (C=O) groups excluding carboxylic acids is 3. The highest BCUT2D eigenvalue weighted by atomic mass is 19.1. The summed E-state index contributed by atoms with van der Waals surface area (Å²) in [5.41, 5.74) is 0.542. The molecule has 1 aliphatic rings. The lowest BCUT2D eigenvalue weighted by atomic mass is 9.75. The second kappa shape index (κ2) is 9.95. The molecule has 174 valence electrons. The van der Waals surface area contributed by atoms with Gasteiger partial charge in [-0.05, 0) is 41.8 Å². The third kappa shape index (κ3) is 4.73. The van der Waals surface area contributed by atoms with Crippen molar-refractivity contribution in [2.24, 2.45) is 0 Å². The van der Waals surface area contributed by atoms with Crippen molar-refractivity contribution < 1.29 is 18.8 Å². The highest BCUT2D eigenvalue weighted by Gasteiger charge is 2.54.